The Hall–Kier alpha value is -3.43. The molecule has 4 aromatic rings. The lowest BCUT2D eigenvalue weighted by molar-refractivity contribution is -0.136. The minimum atomic E-state index is -4.53. The van der Waals surface area contributed by atoms with Crippen molar-refractivity contribution in [2.45, 2.75) is 18.0 Å². The van der Waals surface area contributed by atoms with Crippen LogP contribution in [0.1, 0.15) is 11.1 Å². The number of para-hydroxylation sites is 1. The summed E-state index contributed by atoms with van der Waals surface area (Å²) in [7, 11) is -2.32. The first-order chi connectivity index (χ1) is 15.6. The number of hydrogen-bond donors (Lipinski definition) is 1. The zero-order chi connectivity index (χ0) is 23.8. The highest BCUT2D eigenvalue weighted by atomic mass is 32.2. The molecule has 1 N–H and O–H groups in total. The van der Waals surface area contributed by atoms with Crippen molar-refractivity contribution >= 4 is 20.9 Å². The van der Waals surface area contributed by atoms with E-state index >= 15 is 0 Å². The van der Waals surface area contributed by atoms with Gasteiger partial charge in [-0.2, -0.15) is 13.2 Å². The smallest absolute Gasteiger partial charge is 0.418 e. The number of rotatable bonds is 5. The van der Waals surface area contributed by atoms with Gasteiger partial charge in [-0.3, -0.25) is 4.98 Å². The van der Waals surface area contributed by atoms with E-state index in [0.29, 0.717) is 33.6 Å². The van der Waals surface area contributed by atoms with Crippen LogP contribution in [0.2, 0.25) is 0 Å². The molecular formula is C24H19F3N2O3S. The van der Waals surface area contributed by atoms with Crippen LogP contribution in [-0.2, 0) is 16.2 Å². The van der Waals surface area contributed by atoms with Crippen molar-refractivity contribution in [3.63, 3.8) is 0 Å². The lowest BCUT2D eigenvalue weighted by Gasteiger charge is -2.15. The van der Waals surface area contributed by atoms with Gasteiger partial charge >= 0.3 is 6.18 Å². The molecule has 0 atom stereocenters. The van der Waals surface area contributed by atoms with E-state index in [4.69, 9.17) is 4.74 Å². The topological polar surface area (TPSA) is 68.3 Å². The summed E-state index contributed by atoms with van der Waals surface area (Å²) in [5.41, 5.74) is 1.05. The van der Waals surface area contributed by atoms with E-state index in [9.17, 15) is 21.6 Å². The minimum absolute atomic E-state index is 0.0503. The number of fused-ring (bicyclic) bond motifs is 1. The van der Waals surface area contributed by atoms with Gasteiger partial charge in [0.1, 0.15) is 11.5 Å². The molecule has 3 aromatic carbocycles. The second-order valence-corrected chi connectivity index (χ2v) is 9.21. The number of ether oxygens (including phenoxy) is 1. The van der Waals surface area contributed by atoms with Gasteiger partial charge in [0.2, 0.25) is 10.0 Å². The summed E-state index contributed by atoms with van der Waals surface area (Å²) < 4.78 is 72.7. The van der Waals surface area contributed by atoms with Crippen molar-refractivity contribution in [1.82, 2.24) is 9.71 Å². The van der Waals surface area contributed by atoms with E-state index in [1.165, 1.54) is 31.4 Å². The molecular weight excluding hydrogens is 453 g/mol. The molecule has 0 fully saturated rings. The lowest BCUT2D eigenvalue weighted by Crippen LogP contribution is -2.18. The number of sulfonamides is 1. The Bertz CT molecular complexity index is 1450. The van der Waals surface area contributed by atoms with Gasteiger partial charge in [-0.15, -0.1) is 0 Å². The van der Waals surface area contributed by atoms with Crippen molar-refractivity contribution < 1.29 is 26.3 Å². The number of pyridine rings is 1. The molecule has 0 saturated carbocycles. The SMILES string of the molecule is CNS(=O)(=O)c1cccc(Oc2cccc(-c3c(C)cnc4c(C(F)(F)F)cccc34)c2)c1. The maximum absolute atomic E-state index is 13.5. The maximum atomic E-state index is 13.5. The van der Waals surface area contributed by atoms with Crippen LogP contribution in [-0.4, -0.2) is 20.4 Å². The molecule has 9 heteroatoms. The number of nitrogens with zero attached hydrogens (tertiary/aromatic N) is 1. The van der Waals surface area contributed by atoms with Crippen LogP contribution in [0.15, 0.2) is 77.8 Å². The second-order valence-electron chi connectivity index (χ2n) is 7.33. The van der Waals surface area contributed by atoms with E-state index in [1.54, 1.807) is 49.4 Å². The molecule has 1 aromatic heterocycles. The van der Waals surface area contributed by atoms with Gasteiger partial charge in [0.05, 0.1) is 16.0 Å². The summed E-state index contributed by atoms with van der Waals surface area (Å²) in [6, 6.07) is 16.9. The average molecular weight is 472 g/mol. The Labute approximate surface area is 188 Å². The third kappa shape index (κ3) is 4.55. The molecule has 0 radical (unpaired) electrons. The molecule has 0 aliphatic heterocycles. The second kappa shape index (κ2) is 8.49. The maximum Gasteiger partial charge on any atom is 0.418 e. The van der Waals surface area contributed by atoms with E-state index < -0.39 is 21.8 Å². The van der Waals surface area contributed by atoms with Crippen molar-refractivity contribution in [1.29, 1.82) is 0 Å². The van der Waals surface area contributed by atoms with Crippen LogP contribution in [0.3, 0.4) is 0 Å². The molecule has 0 spiro atoms. The van der Waals surface area contributed by atoms with Gasteiger partial charge < -0.3 is 4.74 Å². The van der Waals surface area contributed by atoms with Crippen LogP contribution in [0.4, 0.5) is 13.2 Å². The summed E-state index contributed by atoms with van der Waals surface area (Å²) in [5.74, 6) is 0.710. The fourth-order valence-corrected chi connectivity index (χ4v) is 4.37. The third-order valence-electron chi connectivity index (χ3n) is 5.14. The molecule has 33 heavy (non-hydrogen) atoms. The number of hydrogen-bond acceptors (Lipinski definition) is 4. The first-order valence-corrected chi connectivity index (χ1v) is 11.4. The quantitative estimate of drug-likeness (QED) is 0.391. The molecule has 5 nitrogen and oxygen atoms in total. The highest BCUT2D eigenvalue weighted by Crippen LogP contribution is 2.39. The summed E-state index contributed by atoms with van der Waals surface area (Å²) >= 11 is 0. The highest BCUT2D eigenvalue weighted by molar-refractivity contribution is 7.89. The van der Waals surface area contributed by atoms with Gasteiger partial charge in [-0.1, -0.05) is 30.3 Å². The van der Waals surface area contributed by atoms with Crippen molar-refractivity contribution in [3.05, 3.63) is 84.1 Å². The molecule has 0 amide bonds. The molecule has 1 heterocycles. The zero-order valence-electron chi connectivity index (χ0n) is 17.6. The molecule has 0 unspecified atom stereocenters. The van der Waals surface area contributed by atoms with Gasteiger partial charge in [0.25, 0.3) is 0 Å². The Balaban J connectivity index is 1.78. The van der Waals surface area contributed by atoms with Crippen molar-refractivity contribution in [3.8, 4) is 22.6 Å². The Morgan fingerprint density at radius 2 is 1.61 bits per heavy atom. The van der Waals surface area contributed by atoms with Gasteiger partial charge in [-0.25, -0.2) is 13.1 Å². The van der Waals surface area contributed by atoms with Crippen LogP contribution in [0.25, 0.3) is 22.0 Å². The number of aryl methyl sites for hydroxylation is 1. The van der Waals surface area contributed by atoms with Crippen molar-refractivity contribution in [2.75, 3.05) is 7.05 Å². The standard InChI is InChI=1S/C24H19F3N2O3S/c1-15-14-29-23-20(10-5-11-21(23)24(25,26)27)22(15)16-6-3-7-17(12-16)32-18-8-4-9-19(13-18)33(30,31)28-2/h3-14,28H,1-2H3. The normalized spacial score (nSPS) is 12.2. The Morgan fingerprint density at radius 3 is 2.30 bits per heavy atom. The van der Waals surface area contributed by atoms with E-state index in [0.717, 1.165) is 6.07 Å². The predicted octanol–water partition coefficient (Wildman–Crippen LogP) is 5.93. The zero-order valence-corrected chi connectivity index (χ0v) is 18.5. The van der Waals surface area contributed by atoms with Crippen LogP contribution in [0.5, 0.6) is 11.5 Å². The van der Waals surface area contributed by atoms with Gasteiger partial charge in [0, 0.05) is 17.6 Å². The average Bonchev–Trinajstić information content (AvgIpc) is 2.78. The summed E-state index contributed by atoms with van der Waals surface area (Å²) in [6.45, 7) is 1.78. The molecule has 0 aliphatic carbocycles. The molecule has 0 saturated heterocycles. The number of nitrogens with one attached hydrogen (secondary N) is 1. The molecule has 4 rings (SSSR count). The monoisotopic (exact) mass is 472 g/mol. The Morgan fingerprint density at radius 1 is 0.939 bits per heavy atom. The fourth-order valence-electron chi connectivity index (χ4n) is 3.61. The Kier molecular flexibility index (Phi) is 5.85. The predicted molar refractivity (Wildman–Crippen MR) is 120 cm³/mol. The van der Waals surface area contributed by atoms with E-state index in [2.05, 4.69) is 9.71 Å². The molecule has 0 aliphatic rings. The summed E-state index contributed by atoms with van der Waals surface area (Å²) in [6.07, 6.45) is -3.10. The number of aromatic nitrogens is 1. The third-order valence-corrected chi connectivity index (χ3v) is 6.55. The number of alkyl halides is 3. The number of halogens is 3. The van der Waals surface area contributed by atoms with Crippen LogP contribution >= 0.6 is 0 Å². The number of benzene rings is 3. The van der Waals surface area contributed by atoms with Crippen molar-refractivity contribution in [2.24, 2.45) is 0 Å². The highest BCUT2D eigenvalue weighted by Gasteiger charge is 2.33. The first-order valence-electron chi connectivity index (χ1n) is 9.87. The minimum Gasteiger partial charge on any atom is -0.457 e. The van der Waals surface area contributed by atoms with Gasteiger partial charge in [0.15, 0.2) is 0 Å². The molecule has 0 bridgehead atoms. The van der Waals surface area contributed by atoms with Gasteiger partial charge in [-0.05, 0) is 61.0 Å². The summed E-state index contributed by atoms with van der Waals surface area (Å²) in [5, 5.41) is 0.379. The van der Waals surface area contributed by atoms with Crippen LogP contribution in [0, 0.1) is 6.92 Å². The largest absolute Gasteiger partial charge is 0.457 e. The van der Waals surface area contributed by atoms with E-state index in [1.807, 2.05) is 0 Å². The first kappa shape index (κ1) is 22.8. The summed E-state index contributed by atoms with van der Waals surface area (Å²) in [4.78, 5) is 4.10. The van der Waals surface area contributed by atoms with E-state index in [-0.39, 0.29) is 10.4 Å². The lowest BCUT2D eigenvalue weighted by atomic mass is 9.95. The van der Waals surface area contributed by atoms with Crippen LogP contribution < -0.4 is 9.46 Å². The fraction of sp³-hybridized carbons (Fsp3) is 0.125. The molecule has 170 valence electrons.